The Balaban J connectivity index is 0.00000127. The number of rotatable bonds is 4. The third-order valence-corrected chi connectivity index (χ3v) is 2.88. The number of hydrogen-bond acceptors (Lipinski definition) is 3. The molecule has 23 heavy (non-hydrogen) atoms. The summed E-state index contributed by atoms with van der Waals surface area (Å²) in [7, 11) is 0. The van der Waals surface area contributed by atoms with Crippen molar-refractivity contribution in [3.8, 4) is 5.75 Å². The quantitative estimate of drug-likeness (QED) is 0.549. The van der Waals surface area contributed by atoms with Gasteiger partial charge in [0, 0.05) is 35.5 Å². The van der Waals surface area contributed by atoms with Crippen LogP contribution in [0, 0.1) is 17.5 Å². The minimum Gasteiger partial charge on any atom is -0.508 e. The van der Waals surface area contributed by atoms with Crippen LogP contribution < -0.4 is 5.32 Å². The second-order valence-corrected chi connectivity index (χ2v) is 4.38. The highest BCUT2D eigenvalue weighted by Crippen LogP contribution is 2.26. The number of anilines is 1. The second kappa shape index (κ2) is 8.12. The first-order chi connectivity index (χ1) is 10.9. The average molecular weight is 325 g/mol. The van der Waals surface area contributed by atoms with Crippen LogP contribution in [0.25, 0.3) is 5.76 Å². The molecule has 0 spiro atoms. The number of phenols is 1. The summed E-state index contributed by atoms with van der Waals surface area (Å²) in [6.07, 6.45) is 0. The fourth-order valence-corrected chi connectivity index (χ4v) is 1.85. The van der Waals surface area contributed by atoms with Crippen LogP contribution in [0.2, 0.25) is 0 Å². The average Bonchev–Trinajstić information content (AvgIpc) is 2.49. The molecular weight excluding hydrogens is 307 g/mol. The molecule has 0 saturated carbocycles. The van der Waals surface area contributed by atoms with E-state index in [-0.39, 0.29) is 29.2 Å². The van der Waals surface area contributed by atoms with Crippen LogP contribution in [0.15, 0.2) is 36.9 Å². The van der Waals surface area contributed by atoms with Crippen LogP contribution in [-0.4, -0.2) is 10.2 Å². The fourth-order valence-electron chi connectivity index (χ4n) is 1.85. The van der Waals surface area contributed by atoms with Crippen molar-refractivity contribution >= 4 is 11.4 Å². The summed E-state index contributed by atoms with van der Waals surface area (Å²) in [5, 5.41) is 21.5. The van der Waals surface area contributed by atoms with Gasteiger partial charge in [0.2, 0.25) is 0 Å². The van der Waals surface area contributed by atoms with Crippen LogP contribution in [0.5, 0.6) is 5.75 Å². The van der Waals surface area contributed by atoms with E-state index in [1.165, 1.54) is 18.2 Å². The van der Waals surface area contributed by atoms with Crippen molar-refractivity contribution < 1.29 is 23.4 Å². The van der Waals surface area contributed by atoms with Gasteiger partial charge in [-0.25, -0.2) is 13.2 Å². The van der Waals surface area contributed by atoms with Gasteiger partial charge in [-0.1, -0.05) is 20.4 Å². The zero-order valence-corrected chi connectivity index (χ0v) is 12.8. The van der Waals surface area contributed by atoms with Gasteiger partial charge >= 0.3 is 0 Å². The van der Waals surface area contributed by atoms with E-state index in [2.05, 4.69) is 11.9 Å². The van der Waals surface area contributed by atoms with Gasteiger partial charge in [0.15, 0.2) is 0 Å². The highest BCUT2D eigenvalue weighted by atomic mass is 19.1. The third kappa shape index (κ3) is 4.67. The molecule has 3 N–H and O–H groups in total. The molecule has 0 saturated heterocycles. The van der Waals surface area contributed by atoms with Crippen molar-refractivity contribution in [1.82, 2.24) is 0 Å². The van der Waals surface area contributed by atoms with Crippen LogP contribution in [-0.2, 0) is 6.54 Å². The highest BCUT2D eigenvalue weighted by Gasteiger charge is 2.13. The molecule has 0 amide bonds. The number of aromatic hydroxyl groups is 1. The Morgan fingerprint density at radius 3 is 2.17 bits per heavy atom. The fraction of sp³-hybridized carbons (Fsp3) is 0.176. The zero-order valence-electron chi connectivity index (χ0n) is 12.8. The van der Waals surface area contributed by atoms with Gasteiger partial charge in [-0.2, -0.15) is 0 Å². The number of nitrogens with one attached hydrogen (secondary N) is 1. The van der Waals surface area contributed by atoms with Gasteiger partial charge in [0.1, 0.15) is 29.0 Å². The van der Waals surface area contributed by atoms with Crippen LogP contribution >= 0.6 is 0 Å². The maximum Gasteiger partial charge on any atom is 0.134 e. The molecule has 0 unspecified atom stereocenters. The van der Waals surface area contributed by atoms with Crippen LogP contribution in [0.4, 0.5) is 18.9 Å². The molecule has 0 atom stereocenters. The largest absolute Gasteiger partial charge is 0.508 e. The van der Waals surface area contributed by atoms with E-state index in [4.69, 9.17) is 0 Å². The molecule has 2 rings (SSSR count). The van der Waals surface area contributed by atoms with Gasteiger partial charge in [-0.15, -0.1) is 0 Å². The van der Waals surface area contributed by atoms with Gasteiger partial charge in [-0.05, 0) is 18.2 Å². The number of hydrogen-bond donors (Lipinski definition) is 3. The molecule has 2 aromatic rings. The molecule has 3 nitrogen and oxygen atoms in total. The van der Waals surface area contributed by atoms with Crippen molar-refractivity contribution in [1.29, 1.82) is 0 Å². The van der Waals surface area contributed by atoms with E-state index >= 15 is 0 Å². The SMILES string of the molecule is C=C(O)c1cc(O)ccc1NCc1c(F)cc(F)cc1F.CC. The first-order valence-corrected chi connectivity index (χ1v) is 6.97. The van der Waals surface area contributed by atoms with Crippen LogP contribution in [0.3, 0.4) is 0 Å². The topological polar surface area (TPSA) is 52.5 Å². The van der Waals surface area contributed by atoms with Crippen LogP contribution in [0.1, 0.15) is 25.0 Å². The van der Waals surface area contributed by atoms with Gasteiger partial charge in [-0.3, -0.25) is 0 Å². The molecule has 2 aromatic carbocycles. The maximum atomic E-state index is 13.5. The Morgan fingerprint density at radius 1 is 1.09 bits per heavy atom. The van der Waals surface area contributed by atoms with Crippen molar-refractivity contribution in [3.05, 3.63) is 65.5 Å². The lowest BCUT2D eigenvalue weighted by molar-refractivity contribution is 0.473. The standard InChI is InChI=1S/C15H12F3NO2.C2H6/c1-8(20)11-6-10(21)2-3-15(11)19-7-12-13(17)4-9(16)5-14(12)18;1-2/h2-6,19-21H,1,7H2;1-2H3. The molecule has 0 radical (unpaired) electrons. The first-order valence-electron chi connectivity index (χ1n) is 6.97. The molecule has 0 fully saturated rings. The molecule has 6 heteroatoms. The van der Waals surface area contributed by atoms with E-state index < -0.39 is 17.5 Å². The molecule has 0 aliphatic heterocycles. The summed E-state index contributed by atoms with van der Waals surface area (Å²) in [5.74, 6) is -3.42. The number of halogens is 3. The second-order valence-electron chi connectivity index (χ2n) is 4.38. The lowest BCUT2D eigenvalue weighted by Crippen LogP contribution is -2.07. The minimum atomic E-state index is -1.01. The number of aliphatic hydroxyl groups excluding tert-OH is 1. The van der Waals surface area contributed by atoms with E-state index in [9.17, 15) is 23.4 Å². The summed E-state index contributed by atoms with van der Waals surface area (Å²) >= 11 is 0. The lowest BCUT2D eigenvalue weighted by atomic mass is 10.1. The highest BCUT2D eigenvalue weighted by molar-refractivity contribution is 5.72. The maximum absolute atomic E-state index is 13.5. The molecule has 124 valence electrons. The van der Waals surface area contributed by atoms with E-state index in [0.29, 0.717) is 17.8 Å². The third-order valence-electron chi connectivity index (χ3n) is 2.88. The summed E-state index contributed by atoms with van der Waals surface area (Å²) in [4.78, 5) is 0. The lowest BCUT2D eigenvalue weighted by Gasteiger charge is -2.13. The predicted molar refractivity (Wildman–Crippen MR) is 84.8 cm³/mol. The van der Waals surface area contributed by atoms with E-state index in [0.717, 1.165) is 0 Å². The van der Waals surface area contributed by atoms with Gasteiger partial charge in [0.05, 0.1) is 0 Å². The van der Waals surface area contributed by atoms with Crippen molar-refractivity contribution in [2.24, 2.45) is 0 Å². The molecule has 0 heterocycles. The minimum absolute atomic E-state index is 0.0927. The Labute approximate surface area is 132 Å². The zero-order chi connectivity index (χ0) is 17.6. The Bertz CT molecular complexity index is 679. The van der Waals surface area contributed by atoms with Crippen molar-refractivity contribution in [3.63, 3.8) is 0 Å². The van der Waals surface area contributed by atoms with Gasteiger partial charge < -0.3 is 15.5 Å². The molecular formula is C17H18F3NO2. The van der Waals surface area contributed by atoms with Gasteiger partial charge in [0.25, 0.3) is 0 Å². The molecule has 0 aromatic heterocycles. The summed E-state index contributed by atoms with van der Waals surface area (Å²) in [6, 6.07) is 5.19. The Hall–Kier alpha value is -2.63. The smallest absolute Gasteiger partial charge is 0.134 e. The van der Waals surface area contributed by atoms with E-state index in [1.54, 1.807) is 0 Å². The predicted octanol–water partition coefficient (Wildman–Crippen LogP) is 4.98. The summed E-state index contributed by atoms with van der Waals surface area (Å²) in [5.41, 5.74) is 0.181. The van der Waals surface area contributed by atoms with Crippen molar-refractivity contribution in [2.45, 2.75) is 20.4 Å². The molecule has 0 aliphatic carbocycles. The summed E-state index contributed by atoms with van der Waals surface area (Å²) in [6.45, 7) is 7.07. The van der Waals surface area contributed by atoms with E-state index in [1.807, 2.05) is 13.8 Å². The van der Waals surface area contributed by atoms with Crippen molar-refractivity contribution in [2.75, 3.05) is 5.32 Å². The monoisotopic (exact) mass is 325 g/mol. The molecule has 0 aliphatic rings. The molecule has 0 bridgehead atoms. The number of aliphatic hydroxyl groups is 1. The number of phenolic OH excluding ortho intramolecular Hbond substituents is 1. The summed E-state index contributed by atoms with van der Waals surface area (Å²) < 4.78 is 39.8. The Kier molecular flexibility index (Phi) is 6.50. The normalized spacial score (nSPS) is 9.78. The number of benzene rings is 2. The first kappa shape index (κ1) is 18.4. The Morgan fingerprint density at radius 2 is 1.65 bits per heavy atom.